The molecule has 1 unspecified atom stereocenters. The van der Waals surface area contributed by atoms with Gasteiger partial charge in [0.25, 0.3) is 0 Å². The van der Waals surface area contributed by atoms with Gasteiger partial charge in [0, 0.05) is 5.02 Å². The molecule has 0 saturated carbocycles. The maximum Gasteiger partial charge on any atom is 0.422 e. The molecule has 118 valence electrons. The highest BCUT2D eigenvalue weighted by atomic mass is 35.5. The second kappa shape index (κ2) is 7.37. The van der Waals surface area contributed by atoms with Crippen molar-refractivity contribution in [1.82, 2.24) is 5.32 Å². The first kappa shape index (κ1) is 17.4. The van der Waals surface area contributed by atoms with Crippen LogP contribution in [-0.2, 0) is 0 Å². The van der Waals surface area contributed by atoms with Crippen LogP contribution in [0, 0.1) is 0 Å². The number of halogens is 4. The van der Waals surface area contributed by atoms with Gasteiger partial charge in [0.1, 0.15) is 5.75 Å². The molecule has 1 rings (SSSR count). The SMILES string of the molecule is CC(CO)NC(=O)Nc1cc(Cl)ccc1OCC(F)(F)F. The minimum Gasteiger partial charge on any atom is -0.482 e. The summed E-state index contributed by atoms with van der Waals surface area (Å²) in [7, 11) is 0. The van der Waals surface area contributed by atoms with Crippen molar-refractivity contribution in [2.45, 2.75) is 19.1 Å². The highest BCUT2D eigenvalue weighted by molar-refractivity contribution is 6.31. The first-order valence-electron chi connectivity index (χ1n) is 5.88. The predicted octanol–water partition coefficient (Wildman–Crippen LogP) is 2.78. The molecule has 0 spiro atoms. The predicted molar refractivity (Wildman–Crippen MR) is 71.7 cm³/mol. The normalized spacial score (nSPS) is 12.7. The fourth-order valence-corrected chi connectivity index (χ4v) is 1.49. The number of carbonyl (C=O) groups excluding carboxylic acids is 1. The van der Waals surface area contributed by atoms with Gasteiger partial charge in [0.15, 0.2) is 6.61 Å². The van der Waals surface area contributed by atoms with E-state index in [0.717, 1.165) is 0 Å². The Kier molecular flexibility index (Phi) is 6.10. The largest absolute Gasteiger partial charge is 0.482 e. The topological polar surface area (TPSA) is 70.6 Å². The van der Waals surface area contributed by atoms with E-state index in [-0.39, 0.29) is 23.1 Å². The summed E-state index contributed by atoms with van der Waals surface area (Å²) in [6, 6.07) is 2.61. The van der Waals surface area contributed by atoms with E-state index in [4.69, 9.17) is 16.7 Å². The quantitative estimate of drug-likeness (QED) is 0.779. The van der Waals surface area contributed by atoms with Crippen molar-refractivity contribution in [2.75, 3.05) is 18.5 Å². The van der Waals surface area contributed by atoms with Crippen LogP contribution in [0.4, 0.5) is 23.7 Å². The Morgan fingerprint density at radius 2 is 2.14 bits per heavy atom. The van der Waals surface area contributed by atoms with Gasteiger partial charge < -0.3 is 20.5 Å². The summed E-state index contributed by atoms with van der Waals surface area (Å²) in [6.45, 7) is -0.211. The van der Waals surface area contributed by atoms with Gasteiger partial charge in [-0.25, -0.2) is 4.79 Å². The van der Waals surface area contributed by atoms with E-state index in [1.165, 1.54) is 18.2 Å². The number of hydrogen-bond donors (Lipinski definition) is 3. The number of benzene rings is 1. The summed E-state index contributed by atoms with van der Waals surface area (Å²) < 4.78 is 41.1. The van der Waals surface area contributed by atoms with Gasteiger partial charge in [0.2, 0.25) is 0 Å². The number of anilines is 1. The number of amides is 2. The fourth-order valence-electron chi connectivity index (χ4n) is 1.31. The van der Waals surface area contributed by atoms with Crippen molar-refractivity contribution in [3.8, 4) is 5.75 Å². The molecule has 3 N–H and O–H groups in total. The number of rotatable bonds is 5. The van der Waals surface area contributed by atoms with Crippen molar-refractivity contribution in [3.05, 3.63) is 23.2 Å². The summed E-state index contributed by atoms with van der Waals surface area (Å²) in [6.07, 6.45) is -4.50. The lowest BCUT2D eigenvalue weighted by atomic mass is 10.3. The summed E-state index contributed by atoms with van der Waals surface area (Å²) in [5.74, 6) is -0.163. The minimum atomic E-state index is -4.50. The number of carbonyl (C=O) groups is 1. The molecule has 0 fully saturated rings. The van der Waals surface area contributed by atoms with Gasteiger partial charge in [0.05, 0.1) is 18.3 Å². The van der Waals surface area contributed by atoms with E-state index >= 15 is 0 Å². The molecule has 1 aromatic carbocycles. The molecular formula is C12H14ClF3N2O3. The van der Waals surface area contributed by atoms with Crippen LogP contribution in [0.1, 0.15) is 6.92 Å². The molecular weight excluding hydrogens is 313 g/mol. The molecule has 0 radical (unpaired) electrons. The fraction of sp³-hybridized carbons (Fsp3) is 0.417. The van der Waals surface area contributed by atoms with Crippen LogP contribution < -0.4 is 15.4 Å². The van der Waals surface area contributed by atoms with E-state index in [1.807, 2.05) is 0 Å². The van der Waals surface area contributed by atoms with Crippen molar-refractivity contribution in [3.63, 3.8) is 0 Å². The molecule has 0 aromatic heterocycles. The van der Waals surface area contributed by atoms with Crippen LogP contribution in [-0.4, -0.2) is 36.6 Å². The van der Waals surface area contributed by atoms with Crippen molar-refractivity contribution in [2.24, 2.45) is 0 Å². The number of alkyl halides is 3. The summed E-state index contributed by atoms with van der Waals surface area (Å²) >= 11 is 5.73. The van der Waals surface area contributed by atoms with Crippen LogP contribution in [0.5, 0.6) is 5.75 Å². The van der Waals surface area contributed by atoms with E-state index < -0.39 is 24.9 Å². The van der Waals surface area contributed by atoms with Crippen molar-refractivity contribution >= 4 is 23.3 Å². The third kappa shape index (κ3) is 6.54. The lowest BCUT2D eigenvalue weighted by Gasteiger charge is -2.16. The van der Waals surface area contributed by atoms with E-state index in [9.17, 15) is 18.0 Å². The van der Waals surface area contributed by atoms with Crippen molar-refractivity contribution < 1.29 is 27.8 Å². The van der Waals surface area contributed by atoms with E-state index in [0.29, 0.717) is 0 Å². The number of nitrogens with one attached hydrogen (secondary N) is 2. The zero-order valence-electron chi connectivity index (χ0n) is 11.0. The van der Waals surface area contributed by atoms with Crippen LogP contribution in [0.15, 0.2) is 18.2 Å². The standard InChI is InChI=1S/C12H14ClF3N2O3/c1-7(5-19)17-11(20)18-9-4-8(13)2-3-10(9)21-6-12(14,15)16/h2-4,7,19H,5-6H2,1H3,(H2,17,18,20). The number of aliphatic hydroxyl groups excluding tert-OH is 1. The first-order chi connectivity index (χ1) is 9.71. The Morgan fingerprint density at radius 1 is 1.48 bits per heavy atom. The lowest BCUT2D eigenvalue weighted by molar-refractivity contribution is -0.153. The van der Waals surface area contributed by atoms with Crippen LogP contribution >= 0.6 is 11.6 Å². The maximum absolute atomic E-state index is 12.2. The van der Waals surface area contributed by atoms with Gasteiger partial charge in [-0.15, -0.1) is 0 Å². The molecule has 0 aliphatic heterocycles. The highest BCUT2D eigenvalue weighted by Crippen LogP contribution is 2.29. The minimum absolute atomic E-state index is 0.00519. The summed E-state index contributed by atoms with van der Waals surface area (Å²) in [5, 5.41) is 13.7. The van der Waals surface area contributed by atoms with E-state index in [1.54, 1.807) is 6.92 Å². The maximum atomic E-state index is 12.2. The highest BCUT2D eigenvalue weighted by Gasteiger charge is 2.29. The number of urea groups is 1. The molecule has 21 heavy (non-hydrogen) atoms. The molecule has 0 aliphatic rings. The van der Waals surface area contributed by atoms with Gasteiger partial charge in [-0.3, -0.25) is 0 Å². The molecule has 5 nitrogen and oxygen atoms in total. The monoisotopic (exact) mass is 326 g/mol. The molecule has 2 amide bonds. The summed E-state index contributed by atoms with van der Waals surface area (Å²) in [4.78, 5) is 11.6. The van der Waals surface area contributed by atoms with Gasteiger partial charge >= 0.3 is 12.2 Å². The average Bonchev–Trinajstić information content (AvgIpc) is 2.36. The Hall–Kier alpha value is -1.67. The second-order valence-corrected chi connectivity index (χ2v) is 4.66. The molecule has 0 heterocycles. The Balaban J connectivity index is 2.79. The van der Waals surface area contributed by atoms with Crippen molar-refractivity contribution in [1.29, 1.82) is 0 Å². The number of ether oxygens (including phenoxy) is 1. The molecule has 0 bridgehead atoms. The molecule has 1 atom stereocenters. The van der Waals surface area contributed by atoms with Gasteiger partial charge in [-0.2, -0.15) is 13.2 Å². The Bertz CT molecular complexity index is 497. The number of aliphatic hydroxyl groups is 1. The molecule has 0 aliphatic carbocycles. The average molecular weight is 327 g/mol. The third-order valence-corrected chi connectivity index (χ3v) is 2.47. The Labute approximate surface area is 124 Å². The van der Waals surface area contributed by atoms with Crippen LogP contribution in [0.3, 0.4) is 0 Å². The van der Waals surface area contributed by atoms with Crippen LogP contribution in [0.25, 0.3) is 0 Å². The van der Waals surface area contributed by atoms with Crippen LogP contribution in [0.2, 0.25) is 5.02 Å². The van der Waals surface area contributed by atoms with Gasteiger partial charge in [-0.1, -0.05) is 11.6 Å². The van der Waals surface area contributed by atoms with E-state index in [2.05, 4.69) is 15.4 Å². The first-order valence-corrected chi connectivity index (χ1v) is 6.26. The number of hydrogen-bond acceptors (Lipinski definition) is 3. The molecule has 0 saturated heterocycles. The smallest absolute Gasteiger partial charge is 0.422 e. The molecule has 9 heteroatoms. The third-order valence-electron chi connectivity index (χ3n) is 2.23. The zero-order valence-corrected chi connectivity index (χ0v) is 11.8. The van der Waals surface area contributed by atoms with Gasteiger partial charge in [-0.05, 0) is 25.1 Å². The summed E-state index contributed by atoms with van der Waals surface area (Å²) in [5.41, 5.74) is -0.00519. The zero-order chi connectivity index (χ0) is 16.0. The second-order valence-electron chi connectivity index (χ2n) is 4.23. The molecule has 1 aromatic rings. The Morgan fingerprint density at radius 3 is 2.71 bits per heavy atom. The lowest BCUT2D eigenvalue weighted by Crippen LogP contribution is -2.38.